The molecule has 1 aliphatic carbocycles. The molecule has 2 heterocycles. The predicted molar refractivity (Wildman–Crippen MR) is 106 cm³/mol. The lowest BCUT2D eigenvalue weighted by atomic mass is 10.1. The number of benzene rings is 2. The van der Waals surface area contributed by atoms with Crippen LogP contribution in [0.3, 0.4) is 0 Å². The van der Waals surface area contributed by atoms with E-state index in [1.807, 2.05) is 6.33 Å². The molecule has 0 fully saturated rings. The largest absolute Gasteiger partial charge is 0.673 e. The second-order valence-corrected chi connectivity index (χ2v) is 8.04. The summed E-state index contributed by atoms with van der Waals surface area (Å²) in [5.74, 6) is 0.847. The van der Waals surface area contributed by atoms with E-state index in [1.165, 1.54) is 11.1 Å². The first-order chi connectivity index (χ1) is 14.1. The average molecular weight is 480 g/mol. The van der Waals surface area contributed by atoms with Gasteiger partial charge in [0, 0.05) is 16.5 Å². The zero-order chi connectivity index (χ0) is 21.6. The fourth-order valence-corrected chi connectivity index (χ4v) is 4.77. The molecule has 158 valence electrons. The van der Waals surface area contributed by atoms with Crippen LogP contribution in [0.25, 0.3) is 5.69 Å². The maximum Gasteiger partial charge on any atom is 0.673 e. The number of rotatable bonds is 1. The van der Waals surface area contributed by atoms with E-state index < -0.39 is 7.25 Å². The summed E-state index contributed by atoms with van der Waals surface area (Å²) in [6, 6.07) is 11.9. The van der Waals surface area contributed by atoms with Gasteiger partial charge >= 0.3 is 13.1 Å². The van der Waals surface area contributed by atoms with Crippen LogP contribution in [0.5, 0.6) is 0 Å². The molecule has 30 heavy (non-hydrogen) atoms. The Morgan fingerprint density at radius 1 is 1.07 bits per heavy atom. The molecule has 4 nitrogen and oxygen atoms in total. The number of hydrogen-bond donors (Lipinski definition) is 0. The predicted octanol–water partition coefficient (Wildman–Crippen LogP) is 5.46. The third kappa shape index (κ3) is 4.30. The molecule has 2 aliphatic rings. The van der Waals surface area contributed by atoms with Gasteiger partial charge in [-0.05, 0) is 23.3 Å². The Kier molecular flexibility index (Phi) is 5.74. The van der Waals surface area contributed by atoms with E-state index in [1.54, 1.807) is 16.8 Å². The summed E-state index contributed by atoms with van der Waals surface area (Å²) in [7, 11) is -6.00. The fraction of sp³-hybridized carbons (Fsp3) is 0.222. The average Bonchev–Trinajstić information content (AvgIpc) is 3.19. The number of fused-ring (bicyclic) bond motifs is 5. The summed E-state index contributed by atoms with van der Waals surface area (Å²) >= 11 is 18.7. The molecular formula is C18H13BCl3F4N3O. The maximum absolute atomic E-state index is 9.75. The van der Waals surface area contributed by atoms with Gasteiger partial charge in [-0.2, -0.15) is 0 Å². The van der Waals surface area contributed by atoms with Crippen molar-refractivity contribution in [1.29, 1.82) is 0 Å². The summed E-state index contributed by atoms with van der Waals surface area (Å²) in [4.78, 5) is 0. The molecule has 3 aromatic rings. The Labute approximate surface area is 184 Å². The molecule has 1 aromatic heterocycles. The normalized spacial score (nSPS) is 19.4. The number of nitrogens with zero attached hydrogens (tertiary/aromatic N) is 3. The van der Waals surface area contributed by atoms with Gasteiger partial charge in [0.15, 0.2) is 5.69 Å². The van der Waals surface area contributed by atoms with E-state index in [2.05, 4.69) is 33.9 Å². The first-order valence-electron chi connectivity index (χ1n) is 8.83. The van der Waals surface area contributed by atoms with Gasteiger partial charge in [0.25, 0.3) is 0 Å². The highest BCUT2D eigenvalue weighted by Crippen LogP contribution is 2.36. The van der Waals surface area contributed by atoms with E-state index in [0.29, 0.717) is 27.4 Å². The van der Waals surface area contributed by atoms with E-state index in [4.69, 9.17) is 39.5 Å². The molecule has 0 spiro atoms. The quantitative estimate of drug-likeness (QED) is 0.263. The van der Waals surface area contributed by atoms with Gasteiger partial charge < -0.3 is 22.0 Å². The van der Waals surface area contributed by atoms with Crippen molar-refractivity contribution in [3.63, 3.8) is 0 Å². The number of aromatic nitrogens is 3. The molecule has 5 rings (SSSR count). The van der Waals surface area contributed by atoms with Crippen LogP contribution < -0.4 is 4.57 Å². The molecule has 2 atom stereocenters. The summed E-state index contributed by atoms with van der Waals surface area (Å²) < 4.78 is 48.9. The Hall–Kier alpha value is -1.81. The maximum atomic E-state index is 9.75. The molecule has 2 aromatic carbocycles. The van der Waals surface area contributed by atoms with Crippen molar-refractivity contribution >= 4 is 42.1 Å². The molecule has 12 heteroatoms. The van der Waals surface area contributed by atoms with Crippen LogP contribution in [0.4, 0.5) is 17.3 Å². The molecule has 1 aliphatic heterocycles. The van der Waals surface area contributed by atoms with Gasteiger partial charge in [0.2, 0.25) is 6.33 Å². The summed E-state index contributed by atoms with van der Waals surface area (Å²) in [5, 5.41) is 6.07. The van der Waals surface area contributed by atoms with Crippen molar-refractivity contribution in [1.82, 2.24) is 9.78 Å². The van der Waals surface area contributed by atoms with Gasteiger partial charge in [0.05, 0.1) is 10.0 Å². The third-order valence-corrected chi connectivity index (χ3v) is 5.63. The van der Waals surface area contributed by atoms with Gasteiger partial charge in [0.1, 0.15) is 18.8 Å². The molecule has 0 bridgehead atoms. The number of halogens is 7. The van der Waals surface area contributed by atoms with Gasteiger partial charge in [-0.25, -0.2) is 4.57 Å². The van der Waals surface area contributed by atoms with Crippen molar-refractivity contribution in [2.24, 2.45) is 0 Å². The van der Waals surface area contributed by atoms with Crippen molar-refractivity contribution in [2.45, 2.75) is 25.2 Å². The van der Waals surface area contributed by atoms with Crippen molar-refractivity contribution in [2.75, 3.05) is 0 Å². The van der Waals surface area contributed by atoms with E-state index in [0.717, 1.165) is 12.2 Å². The van der Waals surface area contributed by atoms with Crippen LogP contribution in [0.2, 0.25) is 15.1 Å². The van der Waals surface area contributed by atoms with Crippen LogP contribution in [-0.2, 0) is 17.8 Å². The standard InChI is InChI=1S/C18H13Cl3N3O.BF4/c19-11-6-13(20)18(14(21)7-11)24-9-23-16(22-24)8-25-15-5-10-3-1-2-4-12(10)17(15)23;2-1(3,4)5/h1-4,6-7,9,15,17H,5,8H2;/q+1;-1/t15-,17+;/m0./s1. The SMILES string of the molecule is Clc1cc(Cl)c(-n2c[n+]3c(n2)CO[C@H]2Cc4ccccc4[C@H]23)c(Cl)c1.F[B-](F)(F)F. The Morgan fingerprint density at radius 2 is 1.70 bits per heavy atom. The smallest absolute Gasteiger partial charge is 0.418 e. The summed E-state index contributed by atoms with van der Waals surface area (Å²) in [6.45, 7) is 0.463. The van der Waals surface area contributed by atoms with Crippen LogP contribution >= 0.6 is 34.8 Å². The van der Waals surface area contributed by atoms with Crippen LogP contribution in [0.15, 0.2) is 42.7 Å². The molecule has 0 radical (unpaired) electrons. The highest BCUT2D eigenvalue weighted by atomic mass is 35.5. The number of hydrogen-bond acceptors (Lipinski definition) is 2. The second kappa shape index (κ2) is 8.03. The monoisotopic (exact) mass is 479 g/mol. The topological polar surface area (TPSA) is 30.9 Å². The molecule has 0 unspecified atom stereocenters. The zero-order valence-corrected chi connectivity index (χ0v) is 17.4. The first-order valence-corrected chi connectivity index (χ1v) is 9.96. The molecular weight excluding hydrogens is 467 g/mol. The highest BCUT2D eigenvalue weighted by molar-refractivity contribution is 6.50. The molecule has 0 amide bonds. The van der Waals surface area contributed by atoms with E-state index >= 15 is 0 Å². The number of ether oxygens (including phenoxy) is 1. The van der Waals surface area contributed by atoms with Crippen LogP contribution in [0, 0.1) is 0 Å². The first kappa shape index (κ1) is 21.4. The Bertz CT molecular complexity index is 1080. The molecule has 0 saturated carbocycles. The lowest BCUT2D eigenvalue weighted by molar-refractivity contribution is -0.739. The minimum atomic E-state index is -6.00. The molecule has 0 saturated heterocycles. The Balaban J connectivity index is 0.000000393. The zero-order valence-electron chi connectivity index (χ0n) is 15.1. The lowest BCUT2D eigenvalue weighted by Crippen LogP contribution is -2.51. The van der Waals surface area contributed by atoms with Crippen LogP contribution in [0.1, 0.15) is 23.0 Å². The summed E-state index contributed by atoms with van der Waals surface area (Å²) in [6.07, 6.45) is 2.99. The van der Waals surface area contributed by atoms with Crippen molar-refractivity contribution in [3.05, 3.63) is 74.7 Å². The highest BCUT2D eigenvalue weighted by Gasteiger charge is 2.43. The van der Waals surface area contributed by atoms with E-state index in [9.17, 15) is 17.3 Å². The minimum absolute atomic E-state index is 0.124. The summed E-state index contributed by atoms with van der Waals surface area (Å²) in [5.41, 5.74) is 3.23. The van der Waals surface area contributed by atoms with Gasteiger partial charge in [-0.15, -0.1) is 0 Å². The minimum Gasteiger partial charge on any atom is -0.418 e. The fourth-order valence-electron chi connectivity index (χ4n) is 3.78. The Morgan fingerprint density at radius 3 is 2.37 bits per heavy atom. The van der Waals surface area contributed by atoms with Crippen LogP contribution in [-0.4, -0.2) is 23.1 Å². The third-order valence-electron chi connectivity index (χ3n) is 4.84. The van der Waals surface area contributed by atoms with Crippen molar-refractivity contribution < 1.29 is 26.6 Å². The van der Waals surface area contributed by atoms with Gasteiger partial charge in [-0.3, -0.25) is 0 Å². The van der Waals surface area contributed by atoms with Crippen molar-refractivity contribution in [3.8, 4) is 5.69 Å². The van der Waals surface area contributed by atoms with E-state index in [-0.39, 0.29) is 12.1 Å². The molecule has 0 N–H and O–H groups in total. The van der Waals surface area contributed by atoms with Gasteiger partial charge in [-0.1, -0.05) is 63.8 Å². The lowest BCUT2D eigenvalue weighted by Gasteiger charge is -2.23. The second-order valence-electron chi connectivity index (χ2n) is 6.79.